The minimum atomic E-state index is 0.818. The smallest absolute Gasteiger partial charge is 0.0448 e. The first-order valence-corrected chi connectivity index (χ1v) is 5.35. The van der Waals surface area contributed by atoms with E-state index in [4.69, 9.17) is 5.21 Å². The van der Waals surface area contributed by atoms with E-state index in [0.717, 1.165) is 32.5 Å². The lowest BCUT2D eigenvalue weighted by molar-refractivity contribution is 0.260. The average Bonchev–Trinajstić information content (AvgIpc) is 2.29. The van der Waals surface area contributed by atoms with Crippen molar-refractivity contribution in [3.8, 4) is 0 Å². The largest absolute Gasteiger partial charge is 0.411 e. The highest BCUT2D eigenvalue weighted by molar-refractivity contribution is 5.56. The molecule has 0 aliphatic carbocycles. The van der Waals surface area contributed by atoms with Crippen LogP contribution in [0, 0.1) is 0 Å². The predicted octanol–water partition coefficient (Wildman–Crippen LogP) is 1.89. The molecule has 0 aromatic heterocycles. The standard InChI is InChI=1S/C12H16N2O/c15-13-7-3-8-14-9-6-11-4-1-2-5-12(11)10-14/h1-2,4-5,7,15H,3,6,8-10H2. The second-order valence-corrected chi connectivity index (χ2v) is 3.88. The molecule has 1 aliphatic heterocycles. The van der Waals surface area contributed by atoms with Gasteiger partial charge in [0.25, 0.3) is 0 Å². The molecule has 1 aliphatic rings. The molecule has 0 saturated carbocycles. The van der Waals surface area contributed by atoms with Crippen molar-refractivity contribution in [2.24, 2.45) is 5.16 Å². The van der Waals surface area contributed by atoms with Crippen LogP contribution in [0.5, 0.6) is 0 Å². The number of hydrogen-bond donors (Lipinski definition) is 1. The zero-order valence-corrected chi connectivity index (χ0v) is 8.76. The molecule has 3 nitrogen and oxygen atoms in total. The summed E-state index contributed by atoms with van der Waals surface area (Å²) < 4.78 is 0. The summed E-state index contributed by atoms with van der Waals surface area (Å²) in [5, 5.41) is 11.3. The summed E-state index contributed by atoms with van der Waals surface area (Å²) in [6.07, 6.45) is 3.51. The summed E-state index contributed by atoms with van der Waals surface area (Å²) in [5.74, 6) is 0. The van der Waals surface area contributed by atoms with Crippen LogP contribution in [-0.4, -0.2) is 29.4 Å². The van der Waals surface area contributed by atoms with Crippen molar-refractivity contribution >= 4 is 6.21 Å². The number of rotatable bonds is 3. The van der Waals surface area contributed by atoms with Crippen LogP contribution in [0.25, 0.3) is 0 Å². The molecular weight excluding hydrogens is 188 g/mol. The number of fused-ring (bicyclic) bond motifs is 1. The van der Waals surface area contributed by atoms with E-state index >= 15 is 0 Å². The highest BCUT2D eigenvalue weighted by atomic mass is 16.4. The second kappa shape index (κ2) is 4.94. The van der Waals surface area contributed by atoms with Crippen LogP contribution in [0.2, 0.25) is 0 Å². The molecule has 0 unspecified atom stereocenters. The van der Waals surface area contributed by atoms with Gasteiger partial charge in [-0.2, -0.15) is 0 Å². The van der Waals surface area contributed by atoms with Gasteiger partial charge in [-0.15, -0.1) is 5.16 Å². The van der Waals surface area contributed by atoms with Gasteiger partial charge < -0.3 is 5.21 Å². The van der Waals surface area contributed by atoms with Gasteiger partial charge in [0.1, 0.15) is 0 Å². The van der Waals surface area contributed by atoms with Crippen LogP contribution in [0.3, 0.4) is 0 Å². The zero-order chi connectivity index (χ0) is 10.5. The fraction of sp³-hybridized carbons (Fsp3) is 0.417. The number of nitrogens with zero attached hydrogens (tertiary/aromatic N) is 2. The predicted molar refractivity (Wildman–Crippen MR) is 60.3 cm³/mol. The number of hydrogen-bond acceptors (Lipinski definition) is 3. The van der Waals surface area contributed by atoms with E-state index in [0.29, 0.717) is 0 Å². The summed E-state index contributed by atoms with van der Waals surface area (Å²) >= 11 is 0. The maximum Gasteiger partial charge on any atom is 0.0448 e. The molecule has 1 aromatic carbocycles. The third-order valence-electron chi connectivity index (χ3n) is 2.87. The molecule has 0 fully saturated rings. The number of benzene rings is 1. The van der Waals surface area contributed by atoms with Crippen LogP contribution in [0.4, 0.5) is 0 Å². The van der Waals surface area contributed by atoms with Gasteiger partial charge >= 0.3 is 0 Å². The fourth-order valence-electron chi connectivity index (χ4n) is 2.04. The van der Waals surface area contributed by atoms with Gasteiger partial charge in [0.05, 0.1) is 0 Å². The van der Waals surface area contributed by atoms with Crippen molar-refractivity contribution in [3.63, 3.8) is 0 Å². The molecule has 2 rings (SSSR count). The van der Waals surface area contributed by atoms with Crippen LogP contribution in [-0.2, 0) is 13.0 Å². The van der Waals surface area contributed by atoms with E-state index in [1.807, 2.05) is 0 Å². The lowest BCUT2D eigenvalue weighted by Gasteiger charge is -2.28. The highest BCUT2D eigenvalue weighted by Crippen LogP contribution is 2.18. The van der Waals surface area contributed by atoms with Gasteiger partial charge in [-0.05, 0) is 24.0 Å². The Morgan fingerprint density at radius 2 is 2.13 bits per heavy atom. The normalized spacial score (nSPS) is 16.8. The summed E-state index contributed by atoms with van der Waals surface area (Å²) in [6, 6.07) is 8.61. The van der Waals surface area contributed by atoms with Crippen LogP contribution < -0.4 is 0 Å². The Kier molecular flexibility index (Phi) is 3.35. The molecule has 1 N–H and O–H groups in total. The summed E-state index contributed by atoms with van der Waals surface area (Å²) in [6.45, 7) is 3.10. The van der Waals surface area contributed by atoms with Gasteiger partial charge in [0, 0.05) is 25.8 Å². The highest BCUT2D eigenvalue weighted by Gasteiger charge is 2.14. The van der Waals surface area contributed by atoms with Crippen LogP contribution in [0.15, 0.2) is 29.4 Å². The van der Waals surface area contributed by atoms with Crippen molar-refractivity contribution in [2.45, 2.75) is 19.4 Å². The van der Waals surface area contributed by atoms with Crippen molar-refractivity contribution in [2.75, 3.05) is 13.1 Å². The van der Waals surface area contributed by atoms with Crippen molar-refractivity contribution in [3.05, 3.63) is 35.4 Å². The Bertz CT molecular complexity index is 349. The lowest BCUT2D eigenvalue weighted by Crippen LogP contribution is -2.31. The van der Waals surface area contributed by atoms with Crippen molar-refractivity contribution < 1.29 is 5.21 Å². The minimum Gasteiger partial charge on any atom is -0.411 e. The molecular formula is C12H16N2O. The summed E-state index contributed by atoms with van der Waals surface area (Å²) in [7, 11) is 0. The van der Waals surface area contributed by atoms with E-state index in [-0.39, 0.29) is 0 Å². The van der Waals surface area contributed by atoms with E-state index < -0.39 is 0 Å². The zero-order valence-electron chi connectivity index (χ0n) is 8.76. The molecule has 0 radical (unpaired) electrons. The Labute approximate surface area is 90.0 Å². The van der Waals surface area contributed by atoms with Gasteiger partial charge in [-0.1, -0.05) is 24.3 Å². The third-order valence-corrected chi connectivity index (χ3v) is 2.87. The van der Waals surface area contributed by atoms with Crippen molar-refractivity contribution in [1.29, 1.82) is 0 Å². The topological polar surface area (TPSA) is 35.8 Å². The van der Waals surface area contributed by atoms with Crippen LogP contribution in [0.1, 0.15) is 17.5 Å². The SMILES string of the molecule is ON=CCCN1CCc2ccccc2C1. The van der Waals surface area contributed by atoms with Crippen LogP contribution >= 0.6 is 0 Å². The maximum absolute atomic E-state index is 8.30. The van der Waals surface area contributed by atoms with E-state index in [1.165, 1.54) is 11.1 Å². The monoisotopic (exact) mass is 204 g/mol. The van der Waals surface area contributed by atoms with E-state index in [2.05, 4.69) is 34.3 Å². The lowest BCUT2D eigenvalue weighted by atomic mass is 10.00. The molecule has 1 aromatic rings. The molecule has 80 valence electrons. The van der Waals surface area contributed by atoms with Gasteiger partial charge in [-0.25, -0.2) is 0 Å². The molecule has 3 heteroatoms. The molecule has 0 amide bonds. The molecule has 0 bridgehead atoms. The summed E-state index contributed by atoms with van der Waals surface area (Å²) in [5.41, 5.74) is 2.91. The van der Waals surface area contributed by atoms with Gasteiger partial charge in [-0.3, -0.25) is 4.90 Å². The minimum absolute atomic E-state index is 0.818. The Hall–Kier alpha value is -1.35. The first kappa shape index (κ1) is 10.2. The third kappa shape index (κ3) is 2.57. The average molecular weight is 204 g/mol. The fourth-order valence-corrected chi connectivity index (χ4v) is 2.04. The summed E-state index contributed by atoms with van der Waals surface area (Å²) in [4.78, 5) is 2.39. The second-order valence-electron chi connectivity index (χ2n) is 3.88. The quantitative estimate of drug-likeness (QED) is 0.463. The Morgan fingerprint density at radius 3 is 2.93 bits per heavy atom. The first-order valence-electron chi connectivity index (χ1n) is 5.35. The Morgan fingerprint density at radius 1 is 1.33 bits per heavy atom. The maximum atomic E-state index is 8.30. The molecule has 15 heavy (non-hydrogen) atoms. The van der Waals surface area contributed by atoms with E-state index in [9.17, 15) is 0 Å². The van der Waals surface area contributed by atoms with Gasteiger partial charge in [0.2, 0.25) is 0 Å². The van der Waals surface area contributed by atoms with Gasteiger partial charge in [0.15, 0.2) is 0 Å². The number of oxime groups is 1. The molecule has 0 spiro atoms. The molecule has 0 atom stereocenters. The molecule has 1 heterocycles. The Balaban J connectivity index is 1.94. The first-order chi connectivity index (χ1) is 7.40. The molecule has 0 saturated heterocycles. The van der Waals surface area contributed by atoms with Crippen molar-refractivity contribution in [1.82, 2.24) is 4.90 Å². The van der Waals surface area contributed by atoms with E-state index in [1.54, 1.807) is 6.21 Å².